The number of H-pyrrole nitrogens is 1. The van der Waals surface area contributed by atoms with Gasteiger partial charge in [0.2, 0.25) is 5.56 Å². The smallest absolute Gasteiger partial charge is 0.252 e. The van der Waals surface area contributed by atoms with E-state index in [-0.39, 0.29) is 30.0 Å². The van der Waals surface area contributed by atoms with Crippen molar-refractivity contribution in [1.29, 1.82) is 0 Å². The number of rotatable bonds is 5. The highest BCUT2D eigenvalue weighted by Crippen LogP contribution is 2.17. The third kappa shape index (κ3) is 4.29. The van der Waals surface area contributed by atoms with Crippen LogP contribution in [0.3, 0.4) is 0 Å². The summed E-state index contributed by atoms with van der Waals surface area (Å²) >= 11 is 0. The van der Waals surface area contributed by atoms with E-state index in [1.807, 2.05) is 12.2 Å². The Kier molecular flexibility index (Phi) is 4.96. The molecule has 0 saturated carbocycles. The maximum absolute atomic E-state index is 12.2. The fraction of sp³-hybridized carbons (Fsp3) is 0.500. The van der Waals surface area contributed by atoms with Crippen LogP contribution in [0.2, 0.25) is 0 Å². The van der Waals surface area contributed by atoms with Crippen molar-refractivity contribution in [2.24, 2.45) is 11.8 Å². The summed E-state index contributed by atoms with van der Waals surface area (Å²) in [6, 6.07) is 2.97. The first-order chi connectivity index (χ1) is 9.97. The molecule has 2 rings (SSSR count). The van der Waals surface area contributed by atoms with Gasteiger partial charge in [-0.15, -0.1) is 0 Å². The average molecular weight is 290 g/mol. The monoisotopic (exact) mass is 290 g/mol. The van der Waals surface area contributed by atoms with Crippen molar-refractivity contribution in [3.8, 4) is 0 Å². The molecule has 1 aromatic rings. The van der Waals surface area contributed by atoms with Crippen LogP contribution in [-0.2, 0) is 6.42 Å². The van der Waals surface area contributed by atoms with Gasteiger partial charge in [-0.25, -0.2) is 0 Å². The molecule has 0 saturated heterocycles. The lowest BCUT2D eigenvalue weighted by molar-refractivity contribution is 0.0940. The number of aromatic nitrogens is 1. The Hall–Kier alpha value is -1.88. The van der Waals surface area contributed by atoms with E-state index in [0.29, 0.717) is 17.9 Å². The van der Waals surface area contributed by atoms with Crippen molar-refractivity contribution in [1.82, 2.24) is 10.3 Å². The van der Waals surface area contributed by atoms with Gasteiger partial charge in [-0.1, -0.05) is 26.0 Å². The Balaban J connectivity index is 2.07. The normalized spacial score (nSPS) is 21.0. The molecular formula is C16H22N2O3. The van der Waals surface area contributed by atoms with Crippen LogP contribution in [0, 0.1) is 11.8 Å². The van der Waals surface area contributed by atoms with Crippen molar-refractivity contribution in [3.63, 3.8) is 0 Å². The Morgan fingerprint density at radius 1 is 1.43 bits per heavy atom. The van der Waals surface area contributed by atoms with Gasteiger partial charge < -0.3 is 15.4 Å². The van der Waals surface area contributed by atoms with Gasteiger partial charge in [0.1, 0.15) is 0 Å². The van der Waals surface area contributed by atoms with Gasteiger partial charge in [-0.3, -0.25) is 9.59 Å². The van der Waals surface area contributed by atoms with Gasteiger partial charge in [0, 0.05) is 35.9 Å². The Bertz CT molecular complexity index is 589. The summed E-state index contributed by atoms with van der Waals surface area (Å²) in [4.78, 5) is 26.6. The second-order valence-corrected chi connectivity index (χ2v) is 6.00. The molecule has 3 N–H and O–H groups in total. The first kappa shape index (κ1) is 15.5. The van der Waals surface area contributed by atoms with E-state index in [9.17, 15) is 9.59 Å². The van der Waals surface area contributed by atoms with Crippen molar-refractivity contribution in [2.75, 3.05) is 6.61 Å². The molecule has 5 heteroatoms. The van der Waals surface area contributed by atoms with Crippen LogP contribution in [0.5, 0.6) is 0 Å². The zero-order valence-electron chi connectivity index (χ0n) is 12.4. The molecule has 5 nitrogen and oxygen atoms in total. The summed E-state index contributed by atoms with van der Waals surface area (Å²) in [7, 11) is 0. The number of aromatic amines is 1. The van der Waals surface area contributed by atoms with Crippen LogP contribution in [-0.4, -0.2) is 28.6 Å². The molecule has 0 bridgehead atoms. The molecule has 0 aromatic carbocycles. The first-order valence-electron chi connectivity index (χ1n) is 7.31. The van der Waals surface area contributed by atoms with E-state index >= 15 is 0 Å². The lowest BCUT2D eigenvalue weighted by Gasteiger charge is -2.13. The van der Waals surface area contributed by atoms with Gasteiger partial charge in [-0.2, -0.15) is 0 Å². The number of pyridine rings is 1. The summed E-state index contributed by atoms with van der Waals surface area (Å²) < 4.78 is 0. The van der Waals surface area contributed by atoms with Crippen molar-refractivity contribution in [3.05, 3.63) is 45.9 Å². The largest absolute Gasteiger partial charge is 0.396 e. The predicted molar refractivity (Wildman–Crippen MR) is 81.2 cm³/mol. The van der Waals surface area contributed by atoms with Gasteiger partial charge in [0.15, 0.2) is 0 Å². The molecule has 1 aromatic heterocycles. The average Bonchev–Trinajstić information content (AvgIpc) is 2.84. The highest BCUT2D eigenvalue weighted by atomic mass is 16.3. The summed E-state index contributed by atoms with van der Waals surface area (Å²) in [5.74, 6) is 0.257. The predicted octanol–water partition coefficient (Wildman–Crippen LogP) is 1.24. The number of aliphatic hydroxyl groups is 1. The quantitative estimate of drug-likeness (QED) is 0.714. The van der Waals surface area contributed by atoms with Crippen LogP contribution in [0.25, 0.3) is 0 Å². The first-order valence-corrected chi connectivity index (χ1v) is 7.31. The minimum absolute atomic E-state index is 0.0810. The third-order valence-electron chi connectivity index (χ3n) is 3.51. The van der Waals surface area contributed by atoms with Gasteiger partial charge in [0.05, 0.1) is 0 Å². The Morgan fingerprint density at radius 3 is 2.81 bits per heavy atom. The molecule has 1 aliphatic carbocycles. The van der Waals surface area contributed by atoms with Crippen molar-refractivity contribution in [2.45, 2.75) is 32.7 Å². The molecule has 0 radical (unpaired) electrons. The van der Waals surface area contributed by atoms with E-state index in [2.05, 4.69) is 24.1 Å². The fourth-order valence-corrected chi connectivity index (χ4v) is 2.55. The number of amides is 1. The zero-order chi connectivity index (χ0) is 15.4. The van der Waals surface area contributed by atoms with Gasteiger partial charge in [0.25, 0.3) is 5.91 Å². The number of aliphatic hydroxyl groups excluding tert-OH is 1. The van der Waals surface area contributed by atoms with Crippen LogP contribution in [0.15, 0.2) is 29.1 Å². The second-order valence-electron chi connectivity index (χ2n) is 6.00. The van der Waals surface area contributed by atoms with Crippen molar-refractivity contribution < 1.29 is 9.90 Å². The van der Waals surface area contributed by atoms with Crippen LogP contribution >= 0.6 is 0 Å². The minimum Gasteiger partial charge on any atom is -0.396 e. The molecule has 0 fully saturated rings. The topological polar surface area (TPSA) is 82.2 Å². The summed E-state index contributed by atoms with van der Waals surface area (Å²) in [6.45, 7) is 4.21. The molecular weight excluding hydrogens is 268 g/mol. The third-order valence-corrected chi connectivity index (χ3v) is 3.51. The van der Waals surface area contributed by atoms with E-state index in [1.165, 1.54) is 6.07 Å². The summed E-state index contributed by atoms with van der Waals surface area (Å²) in [5.41, 5.74) is 0.904. The number of carbonyl (C=O) groups excluding carboxylic acids is 1. The molecule has 114 valence electrons. The number of carbonyl (C=O) groups is 1. The standard InChI is InChI=1S/C16H22N2O3/c1-10(2)5-14-7-12(8-15(20)17-14)16(21)18-13-4-3-11(6-13)9-19/h3-4,7-8,10-11,13,19H,5-6,9H2,1-2H3,(H,17,20)(H,18,21)/t11-,13+/m0/s1. The molecule has 1 heterocycles. The van der Waals surface area contributed by atoms with E-state index in [1.54, 1.807) is 6.07 Å². The molecule has 2 atom stereocenters. The number of hydrogen-bond donors (Lipinski definition) is 3. The van der Waals surface area contributed by atoms with Gasteiger partial charge >= 0.3 is 0 Å². The summed E-state index contributed by atoms with van der Waals surface area (Å²) in [5, 5.41) is 12.0. The fourth-order valence-electron chi connectivity index (χ4n) is 2.55. The lowest BCUT2D eigenvalue weighted by Crippen LogP contribution is -2.33. The molecule has 0 aliphatic heterocycles. The van der Waals surface area contributed by atoms with E-state index < -0.39 is 0 Å². The van der Waals surface area contributed by atoms with Crippen LogP contribution in [0.1, 0.15) is 36.3 Å². The maximum atomic E-state index is 12.2. The highest BCUT2D eigenvalue weighted by molar-refractivity contribution is 5.94. The molecule has 0 spiro atoms. The van der Waals surface area contributed by atoms with Crippen LogP contribution < -0.4 is 10.9 Å². The van der Waals surface area contributed by atoms with Gasteiger partial charge in [-0.05, 0) is 24.8 Å². The Labute approximate surface area is 124 Å². The lowest BCUT2D eigenvalue weighted by atomic mass is 10.1. The zero-order valence-corrected chi connectivity index (χ0v) is 12.4. The molecule has 1 amide bonds. The molecule has 1 aliphatic rings. The van der Waals surface area contributed by atoms with E-state index in [4.69, 9.17) is 5.11 Å². The minimum atomic E-state index is -0.256. The molecule has 0 unspecified atom stereocenters. The number of nitrogens with one attached hydrogen (secondary N) is 2. The summed E-state index contributed by atoms with van der Waals surface area (Å²) in [6.07, 6.45) is 5.23. The second kappa shape index (κ2) is 6.72. The van der Waals surface area contributed by atoms with Crippen LogP contribution in [0.4, 0.5) is 0 Å². The van der Waals surface area contributed by atoms with E-state index in [0.717, 1.165) is 12.1 Å². The molecule has 21 heavy (non-hydrogen) atoms. The SMILES string of the molecule is CC(C)Cc1cc(C(=O)N[C@@H]2C=C[C@H](CO)C2)cc(=O)[nH]1. The number of hydrogen-bond acceptors (Lipinski definition) is 3. The van der Waals surface area contributed by atoms with Crippen molar-refractivity contribution >= 4 is 5.91 Å². The Morgan fingerprint density at radius 2 is 2.19 bits per heavy atom. The highest BCUT2D eigenvalue weighted by Gasteiger charge is 2.20. The maximum Gasteiger partial charge on any atom is 0.252 e.